The van der Waals surface area contributed by atoms with Gasteiger partial charge in [-0.2, -0.15) is 5.26 Å². The van der Waals surface area contributed by atoms with Crippen molar-refractivity contribution in [3.8, 4) is 28.5 Å². The van der Waals surface area contributed by atoms with Gasteiger partial charge in [0.2, 0.25) is 5.43 Å². The molecule has 0 aliphatic rings. The second-order valence-electron chi connectivity index (χ2n) is 6.89. The molecule has 1 heterocycles. The highest BCUT2D eigenvalue weighted by Crippen LogP contribution is 2.33. The van der Waals surface area contributed by atoms with Gasteiger partial charge in [-0.15, -0.1) is 0 Å². The van der Waals surface area contributed by atoms with Crippen LogP contribution in [0, 0.1) is 25.2 Å². The van der Waals surface area contributed by atoms with E-state index in [1.165, 1.54) is 0 Å². The molecule has 0 radical (unpaired) electrons. The van der Waals surface area contributed by atoms with E-state index < -0.39 is 11.4 Å². The summed E-state index contributed by atoms with van der Waals surface area (Å²) in [6.07, 6.45) is 0. The molecule has 5 nitrogen and oxygen atoms in total. The fraction of sp³-hybridized carbons (Fsp3) is 0.174. The summed E-state index contributed by atoms with van der Waals surface area (Å²) in [7, 11) is 0. The number of carboxylic acids is 1. The minimum Gasteiger partial charge on any atom is -0.477 e. The summed E-state index contributed by atoms with van der Waals surface area (Å²) in [6, 6.07) is 11.9. The topological polar surface area (TPSA) is 83.1 Å². The number of aryl methyl sites for hydroxylation is 1. The Morgan fingerprint density at radius 3 is 2.37 bits per heavy atom. The number of halogens is 2. The van der Waals surface area contributed by atoms with Crippen molar-refractivity contribution >= 4 is 29.2 Å². The number of pyridine rings is 1. The van der Waals surface area contributed by atoms with Gasteiger partial charge in [-0.05, 0) is 56.2 Å². The number of aromatic carboxylic acids is 1. The Labute approximate surface area is 183 Å². The van der Waals surface area contributed by atoms with Crippen molar-refractivity contribution in [2.75, 3.05) is 0 Å². The molecule has 30 heavy (non-hydrogen) atoms. The molecule has 0 saturated heterocycles. The Bertz CT molecular complexity index is 1290. The number of carboxylic acid groups (broad SMARTS) is 1. The second kappa shape index (κ2) is 8.35. The van der Waals surface area contributed by atoms with E-state index in [4.69, 9.17) is 23.2 Å². The average molecular weight is 441 g/mol. The van der Waals surface area contributed by atoms with Gasteiger partial charge in [-0.25, -0.2) is 4.79 Å². The number of carbonyl (C=O) groups is 1. The van der Waals surface area contributed by atoms with Gasteiger partial charge in [0.05, 0.1) is 27.4 Å². The largest absolute Gasteiger partial charge is 0.477 e. The van der Waals surface area contributed by atoms with Crippen LogP contribution in [0.3, 0.4) is 0 Å². The van der Waals surface area contributed by atoms with Gasteiger partial charge in [0.15, 0.2) is 0 Å². The lowest BCUT2D eigenvalue weighted by Gasteiger charge is -2.21. The molecule has 1 aromatic heterocycles. The maximum absolute atomic E-state index is 13.4. The van der Waals surface area contributed by atoms with E-state index in [2.05, 4.69) is 6.07 Å². The Morgan fingerprint density at radius 2 is 1.80 bits per heavy atom. The number of hydrogen-bond acceptors (Lipinski definition) is 3. The summed E-state index contributed by atoms with van der Waals surface area (Å²) in [5.74, 6) is -1.34. The molecule has 0 aliphatic carbocycles. The third kappa shape index (κ3) is 3.72. The molecule has 152 valence electrons. The predicted octanol–water partition coefficient (Wildman–Crippen LogP) is 5.70. The minimum atomic E-state index is -1.34. The molecule has 0 bridgehead atoms. The molecule has 7 heteroatoms. The van der Waals surface area contributed by atoms with Gasteiger partial charge in [-0.3, -0.25) is 4.79 Å². The maximum atomic E-state index is 13.4. The van der Waals surface area contributed by atoms with E-state index >= 15 is 0 Å². The van der Waals surface area contributed by atoms with Crippen LogP contribution in [0.1, 0.15) is 34.1 Å². The van der Waals surface area contributed by atoms with Crippen molar-refractivity contribution in [2.24, 2.45) is 0 Å². The summed E-state index contributed by atoms with van der Waals surface area (Å²) in [4.78, 5) is 25.6. The van der Waals surface area contributed by atoms with Gasteiger partial charge in [0, 0.05) is 23.4 Å². The molecule has 0 unspecified atom stereocenters. The van der Waals surface area contributed by atoms with Crippen LogP contribution < -0.4 is 5.43 Å². The quantitative estimate of drug-likeness (QED) is 0.563. The highest BCUT2D eigenvalue weighted by molar-refractivity contribution is 6.42. The number of rotatable bonds is 4. The molecule has 2 aromatic carbocycles. The SMILES string of the molecule is CCn1c(C)c(-c2cc(C)cc(C#N)c2)c(=O)c(C(=O)O)c1-c1ccc(Cl)c(Cl)c1. The number of hydrogen-bond donors (Lipinski definition) is 1. The molecule has 3 rings (SSSR count). The van der Waals surface area contributed by atoms with E-state index in [0.29, 0.717) is 34.0 Å². The van der Waals surface area contributed by atoms with Gasteiger partial charge < -0.3 is 9.67 Å². The summed E-state index contributed by atoms with van der Waals surface area (Å²) >= 11 is 12.2. The van der Waals surface area contributed by atoms with Crippen LogP contribution in [0.2, 0.25) is 10.0 Å². The fourth-order valence-electron chi connectivity index (χ4n) is 3.70. The monoisotopic (exact) mass is 440 g/mol. The highest BCUT2D eigenvalue weighted by atomic mass is 35.5. The zero-order valence-electron chi connectivity index (χ0n) is 16.6. The van der Waals surface area contributed by atoms with E-state index in [0.717, 1.165) is 5.56 Å². The van der Waals surface area contributed by atoms with Crippen molar-refractivity contribution in [3.05, 3.63) is 79.1 Å². The van der Waals surface area contributed by atoms with Crippen LogP contribution in [0.4, 0.5) is 0 Å². The average Bonchev–Trinajstić information content (AvgIpc) is 2.69. The Kier molecular flexibility index (Phi) is 6.02. The molecular formula is C23H18Cl2N2O3. The van der Waals surface area contributed by atoms with E-state index in [1.54, 1.807) is 47.9 Å². The van der Waals surface area contributed by atoms with Crippen LogP contribution >= 0.6 is 23.2 Å². The molecule has 1 N–H and O–H groups in total. The first-order valence-electron chi connectivity index (χ1n) is 9.17. The van der Waals surface area contributed by atoms with Crippen LogP contribution in [-0.2, 0) is 6.54 Å². The fourth-order valence-corrected chi connectivity index (χ4v) is 4.00. The lowest BCUT2D eigenvalue weighted by Crippen LogP contribution is -2.25. The number of nitriles is 1. The van der Waals surface area contributed by atoms with Crippen molar-refractivity contribution < 1.29 is 9.90 Å². The van der Waals surface area contributed by atoms with Gasteiger partial charge in [-0.1, -0.05) is 35.3 Å². The third-order valence-corrected chi connectivity index (χ3v) is 5.68. The zero-order chi connectivity index (χ0) is 22.2. The third-order valence-electron chi connectivity index (χ3n) is 4.95. The molecule has 0 amide bonds. The molecule has 3 aromatic rings. The predicted molar refractivity (Wildman–Crippen MR) is 118 cm³/mol. The minimum absolute atomic E-state index is 0.262. The van der Waals surface area contributed by atoms with Crippen LogP contribution in [0.15, 0.2) is 41.2 Å². The molecular weight excluding hydrogens is 423 g/mol. The summed E-state index contributed by atoms with van der Waals surface area (Å²) < 4.78 is 1.77. The van der Waals surface area contributed by atoms with Crippen molar-refractivity contribution in [3.63, 3.8) is 0 Å². The smallest absolute Gasteiger partial charge is 0.341 e. The molecule has 0 fully saturated rings. The first-order chi connectivity index (χ1) is 14.2. The van der Waals surface area contributed by atoms with E-state index in [-0.39, 0.29) is 21.8 Å². The van der Waals surface area contributed by atoms with Crippen LogP contribution in [-0.4, -0.2) is 15.6 Å². The van der Waals surface area contributed by atoms with E-state index in [9.17, 15) is 20.0 Å². The maximum Gasteiger partial charge on any atom is 0.341 e. The number of benzene rings is 2. The Hall–Kier alpha value is -3.07. The second-order valence-corrected chi connectivity index (χ2v) is 7.71. The first-order valence-corrected chi connectivity index (χ1v) is 9.93. The molecule has 0 saturated carbocycles. The molecule has 0 atom stereocenters. The van der Waals surface area contributed by atoms with Crippen molar-refractivity contribution in [1.29, 1.82) is 5.26 Å². The summed E-state index contributed by atoms with van der Waals surface area (Å²) in [5, 5.41) is 19.8. The van der Waals surface area contributed by atoms with E-state index in [1.807, 2.05) is 13.8 Å². The lowest BCUT2D eigenvalue weighted by atomic mass is 9.94. The Balaban J connectivity index is 2.48. The first kappa shape index (κ1) is 21.6. The van der Waals surface area contributed by atoms with Crippen LogP contribution in [0.5, 0.6) is 0 Å². The number of aromatic nitrogens is 1. The Morgan fingerprint density at radius 1 is 1.10 bits per heavy atom. The van der Waals surface area contributed by atoms with Crippen molar-refractivity contribution in [2.45, 2.75) is 27.3 Å². The molecule has 0 spiro atoms. The zero-order valence-corrected chi connectivity index (χ0v) is 18.1. The summed E-state index contributed by atoms with van der Waals surface area (Å²) in [5.41, 5.74) is 2.37. The summed E-state index contributed by atoms with van der Waals surface area (Å²) in [6.45, 7) is 5.87. The molecule has 0 aliphatic heterocycles. The van der Waals surface area contributed by atoms with Crippen LogP contribution in [0.25, 0.3) is 22.4 Å². The van der Waals surface area contributed by atoms with Gasteiger partial charge >= 0.3 is 5.97 Å². The van der Waals surface area contributed by atoms with Crippen molar-refractivity contribution in [1.82, 2.24) is 4.57 Å². The highest BCUT2D eigenvalue weighted by Gasteiger charge is 2.26. The lowest BCUT2D eigenvalue weighted by molar-refractivity contribution is 0.0695. The standard InChI is InChI=1S/C23H18Cl2N2O3/c1-4-27-13(3)19(16-8-12(2)7-14(9-16)11-26)22(28)20(23(29)30)21(27)15-5-6-17(24)18(25)10-15/h5-10H,4H2,1-3H3,(H,29,30). The van der Waals surface area contributed by atoms with Gasteiger partial charge in [0.1, 0.15) is 5.56 Å². The number of nitrogens with zero attached hydrogens (tertiary/aromatic N) is 2. The van der Waals surface area contributed by atoms with Gasteiger partial charge in [0.25, 0.3) is 0 Å². The normalized spacial score (nSPS) is 10.7.